The van der Waals surface area contributed by atoms with E-state index in [0.29, 0.717) is 19.6 Å². The van der Waals surface area contributed by atoms with Gasteiger partial charge in [0.2, 0.25) is 10.0 Å². The summed E-state index contributed by atoms with van der Waals surface area (Å²) >= 11 is 1.69. The molecule has 0 aromatic carbocycles. The first-order chi connectivity index (χ1) is 9.97. The molecule has 0 bridgehead atoms. The van der Waals surface area contributed by atoms with E-state index in [1.54, 1.807) is 18.4 Å². The second kappa shape index (κ2) is 11.2. The number of hydrogen-bond donors (Lipinski definition) is 2. The molecule has 1 rings (SSSR count). The average Bonchev–Trinajstić information content (AvgIpc) is 2.93. The van der Waals surface area contributed by atoms with Crippen LogP contribution in [0.5, 0.6) is 0 Å². The highest BCUT2D eigenvalue weighted by Crippen LogP contribution is 2.07. The molecule has 1 aromatic rings. The van der Waals surface area contributed by atoms with Crippen LogP contribution in [0.2, 0.25) is 0 Å². The average molecular weight is 460 g/mol. The molecule has 0 saturated heterocycles. The van der Waals surface area contributed by atoms with Gasteiger partial charge in [-0.15, -0.1) is 35.3 Å². The number of rotatable bonds is 8. The van der Waals surface area contributed by atoms with Crippen LogP contribution in [0.15, 0.2) is 22.5 Å². The molecule has 0 unspecified atom stereocenters. The molecule has 0 fully saturated rings. The van der Waals surface area contributed by atoms with E-state index in [0.717, 1.165) is 18.9 Å². The number of aliphatic imine (C=N–C) groups is 1. The number of hydrogen-bond acceptors (Lipinski definition) is 4. The first kappa shape index (κ1) is 21.6. The van der Waals surface area contributed by atoms with E-state index >= 15 is 0 Å². The summed E-state index contributed by atoms with van der Waals surface area (Å²) in [7, 11) is -1.38. The second-order valence-corrected chi connectivity index (χ2v) is 7.55. The predicted molar refractivity (Wildman–Crippen MR) is 105 cm³/mol. The van der Waals surface area contributed by atoms with Gasteiger partial charge < -0.3 is 10.6 Å². The topological polar surface area (TPSA) is 73.8 Å². The molecule has 0 saturated carbocycles. The minimum atomic E-state index is -3.10. The minimum absolute atomic E-state index is 0. The Labute approximate surface area is 154 Å². The van der Waals surface area contributed by atoms with E-state index in [9.17, 15) is 8.42 Å². The maximum atomic E-state index is 11.5. The molecular formula is C13H25IN4O2S2. The normalized spacial score (nSPS) is 12.1. The zero-order valence-electron chi connectivity index (χ0n) is 13.2. The molecule has 22 heavy (non-hydrogen) atoms. The van der Waals surface area contributed by atoms with Crippen molar-refractivity contribution in [3.05, 3.63) is 22.4 Å². The minimum Gasteiger partial charge on any atom is -0.356 e. The van der Waals surface area contributed by atoms with Crippen LogP contribution in [0.3, 0.4) is 0 Å². The van der Waals surface area contributed by atoms with Gasteiger partial charge in [0.25, 0.3) is 0 Å². The fourth-order valence-electron chi connectivity index (χ4n) is 1.83. The molecule has 1 aromatic heterocycles. The van der Waals surface area contributed by atoms with Gasteiger partial charge in [0.1, 0.15) is 0 Å². The van der Waals surface area contributed by atoms with Crippen molar-refractivity contribution < 1.29 is 8.42 Å². The van der Waals surface area contributed by atoms with Gasteiger partial charge in [-0.2, -0.15) is 0 Å². The highest BCUT2D eigenvalue weighted by molar-refractivity contribution is 14.0. The van der Waals surface area contributed by atoms with Crippen LogP contribution in [-0.2, 0) is 16.6 Å². The number of thiophene rings is 1. The van der Waals surface area contributed by atoms with Crippen LogP contribution in [-0.4, -0.2) is 51.6 Å². The third kappa shape index (κ3) is 8.30. The van der Waals surface area contributed by atoms with Crippen molar-refractivity contribution in [2.24, 2.45) is 4.99 Å². The molecule has 0 aliphatic carbocycles. The van der Waals surface area contributed by atoms with Gasteiger partial charge in [-0.25, -0.2) is 12.7 Å². The molecule has 0 amide bonds. The Morgan fingerprint density at radius 1 is 1.41 bits per heavy atom. The number of nitrogens with one attached hydrogen (secondary N) is 2. The Balaban J connectivity index is 0.00000441. The largest absolute Gasteiger partial charge is 0.356 e. The summed E-state index contributed by atoms with van der Waals surface area (Å²) < 4.78 is 24.4. The Morgan fingerprint density at radius 2 is 2.14 bits per heavy atom. The molecule has 0 radical (unpaired) electrons. The van der Waals surface area contributed by atoms with Crippen molar-refractivity contribution in [3.63, 3.8) is 0 Å². The fourth-order valence-corrected chi connectivity index (χ4v) is 3.40. The highest BCUT2D eigenvalue weighted by Gasteiger charge is 2.13. The summed E-state index contributed by atoms with van der Waals surface area (Å²) in [5.41, 5.74) is 0. The lowest BCUT2D eigenvalue weighted by atomic mass is 10.4. The maximum absolute atomic E-state index is 11.5. The fraction of sp³-hybridized carbons (Fsp3) is 0.615. The van der Waals surface area contributed by atoms with Crippen LogP contribution in [0.25, 0.3) is 0 Å². The summed E-state index contributed by atoms with van der Waals surface area (Å²) in [4.78, 5) is 5.38. The van der Waals surface area contributed by atoms with Crippen LogP contribution >= 0.6 is 35.3 Å². The summed E-state index contributed by atoms with van der Waals surface area (Å²) in [6.07, 6.45) is 1.98. The monoisotopic (exact) mass is 460 g/mol. The van der Waals surface area contributed by atoms with Crippen molar-refractivity contribution in [2.75, 3.05) is 32.9 Å². The molecule has 6 nitrogen and oxygen atoms in total. The van der Waals surface area contributed by atoms with E-state index < -0.39 is 10.0 Å². The predicted octanol–water partition coefficient (Wildman–Crippen LogP) is 1.70. The highest BCUT2D eigenvalue weighted by atomic mass is 127. The van der Waals surface area contributed by atoms with E-state index in [2.05, 4.69) is 21.7 Å². The molecule has 0 atom stereocenters. The van der Waals surface area contributed by atoms with E-state index in [1.165, 1.54) is 15.4 Å². The molecular weight excluding hydrogens is 435 g/mol. The number of halogens is 1. The molecule has 2 N–H and O–H groups in total. The number of nitrogens with zero attached hydrogens (tertiary/aromatic N) is 2. The van der Waals surface area contributed by atoms with Crippen molar-refractivity contribution in [3.8, 4) is 0 Å². The van der Waals surface area contributed by atoms with Gasteiger partial charge in [0.05, 0.1) is 12.8 Å². The van der Waals surface area contributed by atoms with Gasteiger partial charge >= 0.3 is 0 Å². The SMILES string of the molecule is CCN(CCCNC(=NC)NCc1cccs1)S(C)(=O)=O.I. The van der Waals surface area contributed by atoms with E-state index in [-0.39, 0.29) is 24.0 Å². The Bertz CT molecular complexity index is 532. The first-order valence-electron chi connectivity index (χ1n) is 6.89. The van der Waals surface area contributed by atoms with Crippen LogP contribution < -0.4 is 10.6 Å². The zero-order valence-corrected chi connectivity index (χ0v) is 17.2. The third-order valence-electron chi connectivity index (χ3n) is 2.93. The molecule has 9 heteroatoms. The van der Waals surface area contributed by atoms with Crippen molar-refractivity contribution >= 4 is 51.3 Å². The van der Waals surface area contributed by atoms with Crippen molar-refractivity contribution in [1.29, 1.82) is 0 Å². The molecule has 1 heterocycles. The molecule has 0 aliphatic heterocycles. The zero-order chi connectivity index (χ0) is 15.7. The standard InChI is InChI=1S/C13H24N4O2S2.HI/c1-4-17(21(3,18)19)9-6-8-15-13(14-2)16-11-12-7-5-10-20-12;/h5,7,10H,4,6,8-9,11H2,1-3H3,(H2,14,15,16);1H. The lowest BCUT2D eigenvalue weighted by molar-refractivity contribution is 0.424. The van der Waals surface area contributed by atoms with Crippen molar-refractivity contribution in [1.82, 2.24) is 14.9 Å². The second-order valence-electron chi connectivity index (χ2n) is 4.54. The Morgan fingerprint density at radius 3 is 2.64 bits per heavy atom. The molecule has 0 aliphatic rings. The van der Waals surface area contributed by atoms with Gasteiger partial charge in [-0.3, -0.25) is 4.99 Å². The maximum Gasteiger partial charge on any atom is 0.211 e. The lowest BCUT2D eigenvalue weighted by Gasteiger charge is -2.18. The summed E-state index contributed by atoms with van der Waals surface area (Å²) in [5, 5.41) is 8.45. The van der Waals surface area contributed by atoms with Gasteiger partial charge in [-0.1, -0.05) is 13.0 Å². The Kier molecular flexibility index (Phi) is 11.0. The van der Waals surface area contributed by atoms with Crippen LogP contribution in [0, 0.1) is 0 Å². The number of guanidine groups is 1. The smallest absolute Gasteiger partial charge is 0.211 e. The first-order valence-corrected chi connectivity index (χ1v) is 9.62. The summed E-state index contributed by atoms with van der Waals surface area (Å²) in [6, 6.07) is 4.08. The molecule has 128 valence electrons. The van der Waals surface area contributed by atoms with E-state index in [4.69, 9.17) is 0 Å². The lowest BCUT2D eigenvalue weighted by Crippen LogP contribution is -2.39. The van der Waals surface area contributed by atoms with E-state index in [1.807, 2.05) is 18.4 Å². The number of sulfonamides is 1. The molecule has 0 spiro atoms. The quantitative estimate of drug-likeness (QED) is 0.268. The van der Waals surface area contributed by atoms with Gasteiger partial charge in [0, 0.05) is 31.6 Å². The van der Waals surface area contributed by atoms with Crippen molar-refractivity contribution in [2.45, 2.75) is 19.9 Å². The summed E-state index contributed by atoms with van der Waals surface area (Å²) in [6.45, 7) is 4.28. The third-order valence-corrected chi connectivity index (χ3v) is 5.19. The van der Waals surface area contributed by atoms with Gasteiger partial charge in [-0.05, 0) is 17.9 Å². The Hall–Kier alpha value is -0.390. The summed E-state index contributed by atoms with van der Waals surface area (Å²) in [5.74, 6) is 0.728. The van der Waals surface area contributed by atoms with Gasteiger partial charge in [0.15, 0.2) is 5.96 Å². The van der Waals surface area contributed by atoms with Crippen LogP contribution in [0.4, 0.5) is 0 Å². The van der Waals surface area contributed by atoms with Crippen LogP contribution in [0.1, 0.15) is 18.2 Å².